The number of nitrogens with one attached hydrogen (secondary N) is 2. The summed E-state index contributed by atoms with van der Waals surface area (Å²) in [5.41, 5.74) is 7.77. The largest absolute Gasteiger partial charge is 0.365 e. The van der Waals surface area contributed by atoms with Gasteiger partial charge in [0.2, 0.25) is 5.95 Å². The second-order valence-electron chi connectivity index (χ2n) is 6.80. The van der Waals surface area contributed by atoms with Crippen LogP contribution in [0.4, 0.5) is 21.8 Å². The van der Waals surface area contributed by atoms with Gasteiger partial charge in [0, 0.05) is 18.4 Å². The molecule has 0 spiro atoms. The minimum atomic E-state index is -4.14. The monoisotopic (exact) mass is 445 g/mol. The predicted molar refractivity (Wildman–Crippen MR) is 114 cm³/mol. The van der Waals surface area contributed by atoms with E-state index in [0.29, 0.717) is 22.4 Å². The lowest BCUT2D eigenvalue weighted by molar-refractivity contribution is 0.100. The van der Waals surface area contributed by atoms with E-state index in [0.717, 1.165) is 0 Å². The lowest BCUT2D eigenvalue weighted by atomic mass is 10.1. The average molecular weight is 445 g/mol. The second kappa shape index (κ2) is 9.06. The molecule has 11 heteroatoms. The lowest BCUT2D eigenvalue weighted by Crippen LogP contribution is -2.17. The molecule has 0 saturated carbocycles. The van der Waals surface area contributed by atoms with Crippen molar-refractivity contribution in [2.75, 3.05) is 10.6 Å². The van der Waals surface area contributed by atoms with Crippen molar-refractivity contribution >= 4 is 33.5 Å². The SMILES string of the molecule is Cc1cc(Nc2ncc(C(N)=O)c(NCc3cccc(F)c3)n2)ccc1CS(=O)(=O)O. The Morgan fingerprint density at radius 1 is 1.23 bits per heavy atom. The maximum atomic E-state index is 13.4. The van der Waals surface area contributed by atoms with E-state index in [1.54, 1.807) is 37.3 Å². The summed E-state index contributed by atoms with van der Waals surface area (Å²) >= 11 is 0. The van der Waals surface area contributed by atoms with Crippen molar-refractivity contribution in [3.8, 4) is 0 Å². The Balaban J connectivity index is 1.81. The first kappa shape index (κ1) is 22.1. The zero-order valence-electron chi connectivity index (χ0n) is 16.5. The fourth-order valence-corrected chi connectivity index (χ4v) is 3.57. The van der Waals surface area contributed by atoms with Crippen LogP contribution < -0.4 is 16.4 Å². The molecule has 31 heavy (non-hydrogen) atoms. The number of anilines is 3. The molecular weight excluding hydrogens is 425 g/mol. The number of primary amides is 1. The number of nitrogens with two attached hydrogens (primary N) is 1. The lowest BCUT2D eigenvalue weighted by Gasteiger charge is -2.12. The summed E-state index contributed by atoms with van der Waals surface area (Å²) < 4.78 is 44.6. The van der Waals surface area contributed by atoms with Crippen molar-refractivity contribution in [1.82, 2.24) is 9.97 Å². The van der Waals surface area contributed by atoms with Crippen LogP contribution in [-0.2, 0) is 22.4 Å². The molecule has 162 valence electrons. The van der Waals surface area contributed by atoms with E-state index >= 15 is 0 Å². The Kier molecular flexibility index (Phi) is 6.47. The first-order chi connectivity index (χ1) is 14.6. The Labute approximate surface area is 178 Å². The van der Waals surface area contributed by atoms with Gasteiger partial charge in [0.05, 0.1) is 5.56 Å². The van der Waals surface area contributed by atoms with E-state index < -0.39 is 21.8 Å². The van der Waals surface area contributed by atoms with Crippen LogP contribution in [0.5, 0.6) is 0 Å². The van der Waals surface area contributed by atoms with E-state index in [4.69, 9.17) is 10.3 Å². The summed E-state index contributed by atoms with van der Waals surface area (Å²) in [4.78, 5) is 20.1. The third-order valence-electron chi connectivity index (χ3n) is 4.34. The Morgan fingerprint density at radius 2 is 2.00 bits per heavy atom. The minimum Gasteiger partial charge on any atom is -0.365 e. The van der Waals surface area contributed by atoms with Crippen molar-refractivity contribution in [1.29, 1.82) is 0 Å². The Bertz CT molecular complexity index is 1230. The number of nitrogens with zero attached hydrogens (tertiary/aromatic N) is 2. The Morgan fingerprint density at radius 3 is 2.65 bits per heavy atom. The number of aryl methyl sites for hydroxylation is 1. The molecule has 0 aliphatic carbocycles. The van der Waals surface area contributed by atoms with Crippen molar-refractivity contribution in [2.45, 2.75) is 19.2 Å². The highest BCUT2D eigenvalue weighted by Crippen LogP contribution is 2.21. The third kappa shape index (κ3) is 6.20. The van der Waals surface area contributed by atoms with Gasteiger partial charge in [-0.05, 0) is 47.9 Å². The van der Waals surface area contributed by atoms with E-state index in [9.17, 15) is 17.6 Å². The van der Waals surface area contributed by atoms with E-state index in [1.165, 1.54) is 18.3 Å². The molecule has 1 aromatic heterocycles. The first-order valence-electron chi connectivity index (χ1n) is 9.07. The van der Waals surface area contributed by atoms with E-state index in [-0.39, 0.29) is 29.7 Å². The van der Waals surface area contributed by atoms with Crippen LogP contribution in [0, 0.1) is 12.7 Å². The second-order valence-corrected chi connectivity index (χ2v) is 8.25. The zero-order valence-corrected chi connectivity index (χ0v) is 17.3. The number of benzene rings is 2. The van der Waals surface area contributed by atoms with Gasteiger partial charge in [0.1, 0.15) is 17.4 Å². The summed E-state index contributed by atoms with van der Waals surface area (Å²) in [6, 6.07) is 10.8. The number of carbonyl (C=O) groups excluding carboxylic acids is 1. The van der Waals surface area contributed by atoms with Crippen LogP contribution in [-0.4, -0.2) is 28.8 Å². The quantitative estimate of drug-likeness (QED) is 0.387. The molecule has 9 nitrogen and oxygen atoms in total. The molecule has 1 amide bonds. The van der Waals surface area contributed by atoms with Crippen LogP contribution >= 0.6 is 0 Å². The van der Waals surface area contributed by atoms with Gasteiger partial charge >= 0.3 is 0 Å². The van der Waals surface area contributed by atoms with Gasteiger partial charge in [0.25, 0.3) is 16.0 Å². The molecule has 3 rings (SSSR count). The molecule has 0 saturated heterocycles. The van der Waals surface area contributed by atoms with Crippen molar-refractivity contribution in [2.24, 2.45) is 5.73 Å². The number of hydrogen-bond acceptors (Lipinski definition) is 7. The highest BCUT2D eigenvalue weighted by Gasteiger charge is 2.14. The van der Waals surface area contributed by atoms with Gasteiger partial charge in [-0.2, -0.15) is 13.4 Å². The molecule has 3 aromatic rings. The molecule has 0 radical (unpaired) electrons. The molecule has 0 atom stereocenters. The van der Waals surface area contributed by atoms with E-state index in [1.807, 2.05) is 0 Å². The number of carbonyl (C=O) groups is 1. The molecule has 0 fully saturated rings. The van der Waals surface area contributed by atoms with Crippen LogP contribution in [0.2, 0.25) is 0 Å². The molecule has 2 aromatic carbocycles. The Hall–Kier alpha value is -3.57. The zero-order chi connectivity index (χ0) is 22.6. The summed E-state index contributed by atoms with van der Waals surface area (Å²) in [5.74, 6) is -1.26. The minimum absolute atomic E-state index is 0.0710. The van der Waals surface area contributed by atoms with Gasteiger partial charge in [-0.15, -0.1) is 0 Å². The summed E-state index contributed by atoms with van der Waals surface area (Å²) in [5, 5.41) is 5.92. The number of hydrogen-bond donors (Lipinski definition) is 4. The molecular formula is C20H20FN5O4S. The number of amides is 1. The molecule has 0 aliphatic heterocycles. The molecule has 0 unspecified atom stereocenters. The number of rotatable bonds is 8. The first-order valence-corrected chi connectivity index (χ1v) is 10.7. The highest BCUT2D eigenvalue weighted by atomic mass is 32.2. The summed E-state index contributed by atoms with van der Waals surface area (Å²) in [6.45, 7) is 1.91. The summed E-state index contributed by atoms with van der Waals surface area (Å²) in [7, 11) is -4.14. The van der Waals surface area contributed by atoms with Crippen LogP contribution in [0.1, 0.15) is 27.0 Å². The predicted octanol–water partition coefficient (Wildman–Crippen LogP) is 2.77. The van der Waals surface area contributed by atoms with Crippen LogP contribution in [0.25, 0.3) is 0 Å². The third-order valence-corrected chi connectivity index (χ3v) is 5.02. The van der Waals surface area contributed by atoms with Gasteiger partial charge in [-0.1, -0.05) is 18.2 Å². The normalized spacial score (nSPS) is 11.2. The molecule has 5 N–H and O–H groups in total. The van der Waals surface area contributed by atoms with Gasteiger partial charge in [-0.3, -0.25) is 9.35 Å². The fourth-order valence-electron chi connectivity index (χ4n) is 2.85. The van der Waals surface area contributed by atoms with Crippen molar-refractivity contribution in [3.05, 3.63) is 76.7 Å². The van der Waals surface area contributed by atoms with Gasteiger partial charge in [0.15, 0.2) is 0 Å². The van der Waals surface area contributed by atoms with E-state index in [2.05, 4.69) is 20.6 Å². The topological polar surface area (TPSA) is 147 Å². The molecule has 0 aliphatic rings. The van der Waals surface area contributed by atoms with Crippen molar-refractivity contribution in [3.63, 3.8) is 0 Å². The van der Waals surface area contributed by atoms with Gasteiger partial charge < -0.3 is 16.4 Å². The molecule has 1 heterocycles. The number of aromatic nitrogens is 2. The highest BCUT2D eigenvalue weighted by molar-refractivity contribution is 7.85. The molecule has 0 bridgehead atoms. The fraction of sp³-hybridized carbons (Fsp3) is 0.150. The summed E-state index contributed by atoms with van der Waals surface area (Å²) in [6.07, 6.45) is 1.27. The average Bonchev–Trinajstić information content (AvgIpc) is 2.67. The smallest absolute Gasteiger partial charge is 0.269 e. The van der Waals surface area contributed by atoms with Crippen LogP contribution in [0.3, 0.4) is 0 Å². The maximum absolute atomic E-state index is 13.4. The van der Waals surface area contributed by atoms with Gasteiger partial charge in [-0.25, -0.2) is 9.37 Å². The van der Waals surface area contributed by atoms with Crippen LogP contribution in [0.15, 0.2) is 48.7 Å². The number of halogens is 1. The maximum Gasteiger partial charge on any atom is 0.269 e. The van der Waals surface area contributed by atoms with Crippen molar-refractivity contribution < 1.29 is 22.2 Å². The standard InChI is InChI=1S/C20H20FN5O4S/c1-12-7-16(6-5-14(12)11-31(28,29)30)25-20-24-10-17(18(22)27)19(26-20)23-9-13-3-2-4-15(21)8-13/h2-8,10H,9,11H2,1H3,(H2,22,27)(H,28,29,30)(H2,23,24,25,26).